The van der Waals surface area contributed by atoms with Crippen LogP contribution in [0.1, 0.15) is 67.8 Å². The zero-order valence-corrected chi connectivity index (χ0v) is 29.1. The van der Waals surface area contributed by atoms with Gasteiger partial charge in [0.2, 0.25) is 5.91 Å². The number of aryl methyl sites for hydroxylation is 1. The van der Waals surface area contributed by atoms with E-state index in [2.05, 4.69) is 43.0 Å². The van der Waals surface area contributed by atoms with Crippen molar-refractivity contribution in [3.63, 3.8) is 0 Å². The predicted molar refractivity (Wildman–Crippen MR) is 197 cm³/mol. The van der Waals surface area contributed by atoms with E-state index in [0.29, 0.717) is 10.7 Å². The van der Waals surface area contributed by atoms with Gasteiger partial charge in [-0.2, -0.15) is 0 Å². The number of likely N-dealkylation sites (tertiary alicyclic amines) is 2. The minimum atomic E-state index is 0.0237. The van der Waals surface area contributed by atoms with E-state index in [4.69, 9.17) is 32.0 Å². The van der Waals surface area contributed by atoms with Crippen molar-refractivity contribution in [2.24, 2.45) is 5.41 Å². The van der Waals surface area contributed by atoms with Gasteiger partial charge in [-0.25, -0.2) is 9.97 Å². The van der Waals surface area contributed by atoms with Crippen molar-refractivity contribution in [2.45, 2.75) is 63.9 Å². The molecule has 0 unspecified atom stereocenters. The monoisotopic (exact) mass is 666 g/mol. The second-order valence-electron chi connectivity index (χ2n) is 14.4. The summed E-state index contributed by atoms with van der Waals surface area (Å²) in [6.07, 6.45) is 14.4. The van der Waals surface area contributed by atoms with Crippen molar-refractivity contribution in [3.05, 3.63) is 71.6 Å². The van der Waals surface area contributed by atoms with Crippen molar-refractivity contribution in [1.29, 1.82) is 0 Å². The number of nitrogens with zero attached hydrogens (tertiary/aromatic N) is 5. The lowest BCUT2D eigenvalue weighted by Crippen LogP contribution is -2.61. The maximum Gasteiger partial charge on any atom is 0.245 e. The number of fused-ring (bicyclic) bond motifs is 1. The van der Waals surface area contributed by atoms with E-state index in [1.54, 1.807) is 6.08 Å². The van der Waals surface area contributed by atoms with Gasteiger partial charge in [-0.1, -0.05) is 49.1 Å². The largest absolute Gasteiger partial charge is 0.487 e. The molecule has 2 aromatic carbocycles. The van der Waals surface area contributed by atoms with Crippen LogP contribution in [0.15, 0.2) is 49.6 Å². The Morgan fingerprint density at radius 1 is 1.06 bits per heavy atom. The van der Waals surface area contributed by atoms with Gasteiger partial charge in [0, 0.05) is 59.7 Å². The molecule has 1 aliphatic carbocycles. The summed E-state index contributed by atoms with van der Waals surface area (Å²) in [5.74, 6) is 2.84. The first kappa shape index (κ1) is 32.7. The van der Waals surface area contributed by atoms with E-state index in [1.165, 1.54) is 6.08 Å². The zero-order valence-electron chi connectivity index (χ0n) is 28.3. The second kappa shape index (κ2) is 13.2. The molecule has 1 amide bonds. The van der Waals surface area contributed by atoms with Crippen LogP contribution in [0.5, 0.6) is 5.75 Å². The Labute approximate surface area is 289 Å². The summed E-state index contributed by atoms with van der Waals surface area (Å²) in [6, 6.07) is 6.04. The molecule has 4 fully saturated rings. The van der Waals surface area contributed by atoms with E-state index < -0.39 is 0 Å². The molecule has 0 radical (unpaired) electrons. The second-order valence-corrected chi connectivity index (χ2v) is 14.8. The Bertz CT molecular complexity index is 1780. The van der Waals surface area contributed by atoms with Crippen molar-refractivity contribution in [2.75, 3.05) is 56.9 Å². The molecule has 4 aliphatic rings. The average molecular weight is 667 g/mol. The van der Waals surface area contributed by atoms with Gasteiger partial charge < -0.3 is 25.2 Å². The fourth-order valence-electron chi connectivity index (χ4n) is 7.88. The molecule has 3 saturated heterocycles. The molecule has 3 aromatic rings. The number of nitrogens with two attached hydrogens (primary N) is 1. The van der Waals surface area contributed by atoms with Crippen LogP contribution in [0.4, 0.5) is 11.5 Å². The summed E-state index contributed by atoms with van der Waals surface area (Å²) in [7, 11) is 2.18. The molecule has 252 valence electrons. The number of halogens is 1. The maximum absolute atomic E-state index is 12.2. The van der Waals surface area contributed by atoms with E-state index in [-0.39, 0.29) is 23.3 Å². The van der Waals surface area contributed by atoms with Crippen molar-refractivity contribution < 1.29 is 9.53 Å². The SMILES string of the molecule is C=C/C=C/c1c(N)ccc(C)c1-c1c(Cl)cc2c(N3CCC4(CC3)CN(C(=O)C=C)C4)nc(C3CCN(C)CC3)nc2c1OC1CCC1. The lowest BCUT2D eigenvalue weighted by molar-refractivity contribution is -0.139. The predicted octanol–water partition coefficient (Wildman–Crippen LogP) is 7.40. The first-order chi connectivity index (χ1) is 23.2. The molecule has 1 aromatic heterocycles. The van der Waals surface area contributed by atoms with Crippen LogP contribution >= 0.6 is 11.6 Å². The lowest BCUT2D eigenvalue weighted by atomic mass is 9.72. The van der Waals surface area contributed by atoms with Crippen LogP contribution < -0.4 is 15.4 Å². The average Bonchev–Trinajstić information content (AvgIpc) is 3.05. The molecule has 8 nitrogen and oxygen atoms in total. The summed E-state index contributed by atoms with van der Waals surface area (Å²) in [5.41, 5.74) is 12.0. The fraction of sp³-hybridized carbons (Fsp3) is 0.462. The highest BCUT2D eigenvalue weighted by Crippen LogP contribution is 2.50. The molecule has 9 heteroatoms. The minimum Gasteiger partial charge on any atom is -0.487 e. The number of ether oxygens (including phenoxy) is 1. The van der Waals surface area contributed by atoms with Gasteiger partial charge in [-0.05, 0) is 101 Å². The van der Waals surface area contributed by atoms with Gasteiger partial charge in [0.05, 0.1) is 11.1 Å². The molecule has 4 heterocycles. The van der Waals surface area contributed by atoms with Gasteiger partial charge in [-0.3, -0.25) is 4.79 Å². The Hall–Kier alpha value is -3.88. The maximum atomic E-state index is 12.2. The van der Waals surface area contributed by atoms with Gasteiger partial charge in [0.15, 0.2) is 5.75 Å². The number of amides is 1. The summed E-state index contributed by atoms with van der Waals surface area (Å²) in [5, 5.41) is 1.52. The van der Waals surface area contributed by atoms with Gasteiger partial charge >= 0.3 is 0 Å². The Morgan fingerprint density at radius 3 is 2.44 bits per heavy atom. The number of rotatable bonds is 8. The molecule has 48 heavy (non-hydrogen) atoms. The summed E-state index contributed by atoms with van der Waals surface area (Å²) in [6.45, 7) is 15.0. The molecule has 0 atom stereocenters. The highest BCUT2D eigenvalue weighted by atomic mass is 35.5. The molecular formula is C39H47ClN6O2. The van der Waals surface area contributed by atoms with E-state index in [1.807, 2.05) is 29.2 Å². The third kappa shape index (κ3) is 5.98. The number of allylic oxidation sites excluding steroid dienone is 2. The molecule has 2 N–H and O–H groups in total. The topological polar surface area (TPSA) is 87.8 Å². The Balaban J connectivity index is 1.38. The van der Waals surface area contributed by atoms with Gasteiger partial charge in [0.25, 0.3) is 0 Å². The number of hydrogen-bond acceptors (Lipinski definition) is 7. The number of anilines is 2. The van der Waals surface area contributed by atoms with E-state index in [0.717, 1.165) is 135 Å². The van der Waals surface area contributed by atoms with Crippen molar-refractivity contribution >= 4 is 46.0 Å². The molecule has 1 saturated carbocycles. The standard InChI is InChI=1S/C39H47ClN6O2/c1-5-7-11-28-31(41)13-12-25(3)33(28)34-30(40)22-29-35(36(34)48-27-9-8-10-27)42-37(26-14-18-44(4)19-15-26)43-38(29)45-20-16-39(17-21-45)23-46(24-39)32(47)6-2/h5-7,11-13,22,26-27H,1-2,8-10,14-21,23-24,41H2,3-4H3/b11-7+. The number of nitrogen functional groups attached to an aromatic ring is 1. The summed E-state index contributed by atoms with van der Waals surface area (Å²) < 4.78 is 6.96. The smallest absolute Gasteiger partial charge is 0.245 e. The Kier molecular flexibility index (Phi) is 8.98. The normalized spacial score (nSPS) is 20.2. The molecule has 7 rings (SSSR count). The number of aromatic nitrogens is 2. The van der Waals surface area contributed by atoms with Crippen LogP contribution in [0, 0.1) is 12.3 Å². The Morgan fingerprint density at radius 2 is 1.79 bits per heavy atom. The van der Waals surface area contributed by atoms with Crippen LogP contribution in [0.25, 0.3) is 28.1 Å². The third-order valence-electron chi connectivity index (χ3n) is 11.1. The van der Waals surface area contributed by atoms with Crippen molar-refractivity contribution in [1.82, 2.24) is 19.8 Å². The molecule has 1 spiro atoms. The number of carbonyl (C=O) groups excluding carboxylic acids is 1. The summed E-state index contributed by atoms with van der Waals surface area (Å²) >= 11 is 7.38. The highest BCUT2D eigenvalue weighted by molar-refractivity contribution is 6.35. The van der Waals surface area contributed by atoms with E-state index in [9.17, 15) is 4.79 Å². The highest BCUT2D eigenvalue weighted by Gasteiger charge is 2.46. The number of carbonyl (C=O) groups is 1. The van der Waals surface area contributed by atoms with E-state index >= 15 is 0 Å². The quantitative estimate of drug-likeness (QED) is 0.152. The first-order valence-corrected chi connectivity index (χ1v) is 17.8. The number of piperidine rings is 2. The fourth-order valence-corrected chi connectivity index (χ4v) is 8.17. The van der Waals surface area contributed by atoms with Crippen LogP contribution in [-0.4, -0.2) is 78.1 Å². The lowest BCUT2D eigenvalue weighted by Gasteiger charge is -2.54. The van der Waals surface area contributed by atoms with Gasteiger partial charge in [-0.15, -0.1) is 0 Å². The van der Waals surface area contributed by atoms with Crippen molar-refractivity contribution in [3.8, 4) is 16.9 Å². The summed E-state index contributed by atoms with van der Waals surface area (Å²) in [4.78, 5) is 29.7. The number of benzene rings is 2. The van der Waals surface area contributed by atoms with Crippen LogP contribution in [-0.2, 0) is 4.79 Å². The van der Waals surface area contributed by atoms with Gasteiger partial charge in [0.1, 0.15) is 17.2 Å². The zero-order chi connectivity index (χ0) is 33.6. The number of hydrogen-bond donors (Lipinski definition) is 1. The molecule has 0 bridgehead atoms. The van der Waals surface area contributed by atoms with Crippen LogP contribution in [0.3, 0.4) is 0 Å². The minimum absolute atomic E-state index is 0.0237. The van der Waals surface area contributed by atoms with Crippen LogP contribution in [0.2, 0.25) is 5.02 Å². The molecule has 3 aliphatic heterocycles. The third-order valence-corrected chi connectivity index (χ3v) is 11.4. The molecular weight excluding hydrogens is 620 g/mol. The first-order valence-electron chi connectivity index (χ1n) is 17.4.